The van der Waals surface area contributed by atoms with Crippen LogP contribution in [0.2, 0.25) is 0 Å². The fourth-order valence-electron chi connectivity index (χ4n) is 0.415. The minimum absolute atomic E-state index is 0.166. The second-order valence-corrected chi connectivity index (χ2v) is 2.94. The van der Waals surface area contributed by atoms with Crippen LogP contribution in [0.5, 0.6) is 0 Å². The van der Waals surface area contributed by atoms with E-state index < -0.39 is 0 Å². The molecular weight excluding hydrogens is 120 g/mol. The Hall–Kier alpha value is 0.0500. The van der Waals surface area contributed by atoms with Crippen LogP contribution in [-0.2, 0) is 0 Å². The first-order valence-electron chi connectivity index (χ1n) is 2.71. The minimum Gasteiger partial charge on any atom is -0.392 e. The van der Waals surface area contributed by atoms with E-state index >= 15 is 0 Å². The van der Waals surface area contributed by atoms with Gasteiger partial charge in [0.2, 0.25) is 0 Å². The number of hydrogen-bond acceptors (Lipinski definition) is 2. The zero-order chi connectivity index (χ0) is 6.41. The van der Waals surface area contributed by atoms with E-state index in [1.54, 1.807) is 11.8 Å². The number of allylic oxidation sites excluding steroid dienone is 1. The minimum atomic E-state index is 0.166. The predicted molar refractivity (Wildman–Crippen MR) is 39.0 cm³/mol. The SMILES string of the molecule is CCS/C(C)=C/CO. The molecule has 8 heavy (non-hydrogen) atoms. The average Bonchev–Trinajstić information content (AvgIpc) is 1.68. The lowest BCUT2D eigenvalue weighted by Gasteiger charge is -1.92. The Morgan fingerprint density at radius 1 is 1.75 bits per heavy atom. The number of hydrogen-bond donors (Lipinski definition) is 1. The van der Waals surface area contributed by atoms with Crippen molar-refractivity contribution in [1.29, 1.82) is 0 Å². The topological polar surface area (TPSA) is 20.2 Å². The van der Waals surface area contributed by atoms with Gasteiger partial charge in [0, 0.05) is 0 Å². The third-order valence-electron chi connectivity index (χ3n) is 0.751. The predicted octanol–water partition coefficient (Wildman–Crippen LogP) is 1.64. The van der Waals surface area contributed by atoms with Crippen LogP contribution >= 0.6 is 11.8 Å². The Bertz CT molecular complexity index is 78.6. The van der Waals surface area contributed by atoms with Gasteiger partial charge in [-0.25, -0.2) is 0 Å². The van der Waals surface area contributed by atoms with Crippen molar-refractivity contribution < 1.29 is 5.11 Å². The van der Waals surface area contributed by atoms with Crippen LogP contribution in [0.4, 0.5) is 0 Å². The average molecular weight is 132 g/mol. The van der Waals surface area contributed by atoms with Gasteiger partial charge in [-0.3, -0.25) is 0 Å². The lowest BCUT2D eigenvalue weighted by Crippen LogP contribution is -1.75. The maximum atomic E-state index is 8.37. The van der Waals surface area contributed by atoms with Crippen molar-refractivity contribution in [3.05, 3.63) is 11.0 Å². The number of aliphatic hydroxyl groups excluding tert-OH is 1. The van der Waals surface area contributed by atoms with Crippen molar-refractivity contribution in [3.8, 4) is 0 Å². The highest BCUT2D eigenvalue weighted by Gasteiger charge is 1.82. The van der Waals surface area contributed by atoms with Crippen LogP contribution in [0.15, 0.2) is 11.0 Å². The molecule has 0 fully saturated rings. The summed E-state index contributed by atoms with van der Waals surface area (Å²) in [6.07, 6.45) is 1.81. The summed E-state index contributed by atoms with van der Waals surface area (Å²) in [6, 6.07) is 0. The van der Waals surface area contributed by atoms with E-state index in [2.05, 4.69) is 6.92 Å². The standard InChI is InChI=1S/C6H12OS/c1-3-8-6(2)4-5-7/h4,7H,3,5H2,1-2H3/b6-4+. The molecule has 0 unspecified atom stereocenters. The van der Waals surface area contributed by atoms with Crippen molar-refractivity contribution in [2.75, 3.05) is 12.4 Å². The van der Waals surface area contributed by atoms with Crippen LogP contribution in [0.25, 0.3) is 0 Å². The van der Waals surface area contributed by atoms with E-state index in [-0.39, 0.29) is 6.61 Å². The molecule has 0 aromatic carbocycles. The monoisotopic (exact) mass is 132 g/mol. The Balaban J connectivity index is 3.29. The second kappa shape index (κ2) is 5.19. The Morgan fingerprint density at radius 2 is 2.38 bits per heavy atom. The van der Waals surface area contributed by atoms with Crippen LogP contribution in [0, 0.1) is 0 Å². The molecule has 1 nitrogen and oxygen atoms in total. The maximum Gasteiger partial charge on any atom is 0.0622 e. The molecule has 0 atom stereocenters. The Labute approximate surface area is 54.8 Å². The summed E-state index contributed by atoms with van der Waals surface area (Å²) in [6.45, 7) is 4.27. The third-order valence-corrected chi connectivity index (χ3v) is 1.66. The fraction of sp³-hybridized carbons (Fsp3) is 0.667. The first kappa shape index (κ1) is 8.05. The molecule has 0 spiro atoms. The fourth-order valence-corrected chi connectivity index (χ4v) is 1.06. The lowest BCUT2D eigenvalue weighted by atomic mass is 10.5. The molecule has 0 aliphatic carbocycles. The van der Waals surface area contributed by atoms with Crippen molar-refractivity contribution >= 4 is 11.8 Å². The van der Waals surface area contributed by atoms with E-state index in [1.807, 2.05) is 13.0 Å². The van der Waals surface area contributed by atoms with Gasteiger partial charge in [0.05, 0.1) is 6.61 Å². The molecule has 0 amide bonds. The highest BCUT2D eigenvalue weighted by atomic mass is 32.2. The summed E-state index contributed by atoms with van der Waals surface area (Å²) in [4.78, 5) is 1.20. The Kier molecular flexibility index (Phi) is 5.22. The van der Waals surface area contributed by atoms with Crippen molar-refractivity contribution in [1.82, 2.24) is 0 Å². The summed E-state index contributed by atoms with van der Waals surface area (Å²) in [5, 5.41) is 8.37. The summed E-state index contributed by atoms with van der Waals surface area (Å²) in [5.74, 6) is 1.09. The highest BCUT2D eigenvalue weighted by molar-refractivity contribution is 8.03. The van der Waals surface area contributed by atoms with Gasteiger partial charge in [0.15, 0.2) is 0 Å². The number of rotatable bonds is 3. The molecule has 0 radical (unpaired) electrons. The van der Waals surface area contributed by atoms with E-state index in [4.69, 9.17) is 5.11 Å². The van der Waals surface area contributed by atoms with Gasteiger partial charge in [0.1, 0.15) is 0 Å². The van der Waals surface area contributed by atoms with E-state index in [0.717, 1.165) is 5.75 Å². The first-order valence-corrected chi connectivity index (χ1v) is 3.70. The summed E-state index contributed by atoms with van der Waals surface area (Å²) in [7, 11) is 0. The van der Waals surface area contributed by atoms with Crippen molar-refractivity contribution in [3.63, 3.8) is 0 Å². The van der Waals surface area contributed by atoms with E-state index in [1.165, 1.54) is 4.91 Å². The molecule has 0 aromatic heterocycles. The molecule has 2 heteroatoms. The molecule has 0 aliphatic heterocycles. The third kappa shape index (κ3) is 4.22. The zero-order valence-corrected chi connectivity index (χ0v) is 6.16. The second-order valence-electron chi connectivity index (χ2n) is 1.43. The summed E-state index contributed by atoms with van der Waals surface area (Å²) >= 11 is 1.76. The molecule has 48 valence electrons. The van der Waals surface area contributed by atoms with E-state index in [0.29, 0.717) is 0 Å². The zero-order valence-electron chi connectivity index (χ0n) is 5.35. The number of thioether (sulfide) groups is 1. The molecular formula is C6H12OS. The van der Waals surface area contributed by atoms with Crippen LogP contribution in [0.1, 0.15) is 13.8 Å². The van der Waals surface area contributed by atoms with Crippen molar-refractivity contribution in [2.45, 2.75) is 13.8 Å². The Morgan fingerprint density at radius 3 is 2.75 bits per heavy atom. The van der Waals surface area contributed by atoms with Gasteiger partial charge >= 0.3 is 0 Å². The smallest absolute Gasteiger partial charge is 0.0622 e. The van der Waals surface area contributed by atoms with Gasteiger partial charge in [-0.05, 0) is 23.7 Å². The summed E-state index contributed by atoms with van der Waals surface area (Å²) in [5.41, 5.74) is 0. The van der Waals surface area contributed by atoms with Crippen LogP contribution < -0.4 is 0 Å². The molecule has 0 rings (SSSR count). The summed E-state index contributed by atoms with van der Waals surface area (Å²) < 4.78 is 0. The largest absolute Gasteiger partial charge is 0.392 e. The highest BCUT2D eigenvalue weighted by Crippen LogP contribution is 2.11. The molecule has 0 aromatic rings. The van der Waals surface area contributed by atoms with Gasteiger partial charge < -0.3 is 5.11 Å². The molecule has 0 heterocycles. The molecule has 0 saturated carbocycles. The normalized spacial score (nSPS) is 12.1. The first-order chi connectivity index (χ1) is 3.81. The number of aliphatic hydroxyl groups is 1. The van der Waals surface area contributed by atoms with Crippen LogP contribution in [-0.4, -0.2) is 17.5 Å². The van der Waals surface area contributed by atoms with Gasteiger partial charge in [-0.15, -0.1) is 11.8 Å². The molecule has 0 saturated heterocycles. The van der Waals surface area contributed by atoms with E-state index in [9.17, 15) is 0 Å². The molecule has 0 aliphatic rings. The van der Waals surface area contributed by atoms with Crippen LogP contribution in [0.3, 0.4) is 0 Å². The van der Waals surface area contributed by atoms with Gasteiger partial charge in [-0.2, -0.15) is 0 Å². The van der Waals surface area contributed by atoms with Crippen molar-refractivity contribution in [2.24, 2.45) is 0 Å². The lowest BCUT2D eigenvalue weighted by molar-refractivity contribution is 0.342. The van der Waals surface area contributed by atoms with Gasteiger partial charge in [-0.1, -0.05) is 6.92 Å². The van der Waals surface area contributed by atoms with Gasteiger partial charge in [0.25, 0.3) is 0 Å². The molecule has 1 N–H and O–H groups in total. The molecule has 0 bridgehead atoms. The maximum absolute atomic E-state index is 8.37. The quantitative estimate of drug-likeness (QED) is 0.630.